The maximum atomic E-state index is 14.3. The number of nitrogens with one attached hydrogen (secondary N) is 4. The zero-order chi connectivity index (χ0) is 44.1. The summed E-state index contributed by atoms with van der Waals surface area (Å²) in [5.74, 6) is 1.80. The van der Waals surface area contributed by atoms with E-state index in [1.807, 2.05) is 55.1 Å². The zero-order valence-corrected chi connectivity index (χ0v) is 36.0. The molecule has 5 heterocycles. The van der Waals surface area contributed by atoms with Crippen molar-refractivity contribution >= 4 is 33.6 Å². The number of aromatic nitrogens is 4. The van der Waals surface area contributed by atoms with Gasteiger partial charge in [0.15, 0.2) is 11.8 Å². The number of hydrogen-bond acceptors (Lipinski definition) is 10. The number of nitrogens with zero attached hydrogens (tertiary/aromatic N) is 4. The summed E-state index contributed by atoms with van der Waals surface area (Å²) in [5.41, 5.74) is 7.32. The molecule has 14 nitrogen and oxygen atoms in total. The third kappa shape index (κ3) is 7.73. The number of aliphatic hydroxyl groups is 2. The Labute approximate surface area is 366 Å². The molecule has 63 heavy (non-hydrogen) atoms. The predicted octanol–water partition coefficient (Wildman–Crippen LogP) is 7.69. The van der Waals surface area contributed by atoms with Gasteiger partial charge in [-0.05, 0) is 97.2 Å². The number of carbonyl (C=O) groups excluding carboxylic acids is 2. The largest absolute Gasteiger partial charge is 0.495 e. The first-order valence-corrected chi connectivity index (χ1v) is 21.6. The summed E-state index contributed by atoms with van der Waals surface area (Å²) < 4.78 is 11.7. The van der Waals surface area contributed by atoms with Crippen LogP contribution in [0.4, 0.5) is 0 Å². The van der Waals surface area contributed by atoms with Crippen molar-refractivity contribution in [3.63, 3.8) is 0 Å². The number of rotatable bonds is 13. The standard InChI is InChI=1S/C49H54N8O6/c1-26(2)43(51-28(4)59)49(61)57-27(3)12-17-40(57)47-53-38-16-14-32-20-37-35-15-13-33(19-34(35)25-63-42(37)21-36(32)45(38)55-47)39-22-50-46(54-39)41-18-30(24-58)23-56(41)48(60)44(52-29(5)62-6)31-10-8-7-9-11-31/h7-11,13-16,19-22,26-27,30,40-41,43-44,51-52,58-59H,4-5,12,17-18,23-25H2,1-3,6H3,(H,50,54)(H,53,55)/t27-,30-,40-,41-,43-,44+/m0/s1. The van der Waals surface area contributed by atoms with Crippen molar-refractivity contribution in [2.75, 3.05) is 20.3 Å². The predicted molar refractivity (Wildman–Crippen MR) is 241 cm³/mol. The summed E-state index contributed by atoms with van der Waals surface area (Å²) in [6, 6.07) is 22.2. The smallest absolute Gasteiger partial charge is 0.250 e. The Balaban J connectivity index is 0.976. The SMILES string of the molecule is C=C(O)N[C@H](C(=O)N1[C@@H](C)CC[C@H]1c1nc2c(ccc3cc4c(cc32)OCc2cc(-c3cnc([C@@H]5C[C@H](CO)CN5C(=O)[C@H](NC(=C)OC)c5ccccc5)[nH]3)ccc2-4)[nH]1)C(C)C. The molecular formula is C49H54N8O6. The van der Waals surface area contributed by atoms with Gasteiger partial charge < -0.3 is 50.1 Å². The summed E-state index contributed by atoms with van der Waals surface area (Å²) in [6.45, 7) is 14.1. The molecule has 2 aromatic heterocycles. The highest BCUT2D eigenvalue weighted by Crippen LogP contribution is 2.44. The van der Waals surface area contributed by atoms with E-state index in [1.165, 1.54) is 7.11 Å². The first-order valence-electron chi connectivity index (χ1n) is 21.6. The van der Waals surface area contributed by atoms with E-state index >= 15 is 0 Å². The molecule has 2 fully saturated rings. The Morgan fingerprint density at radius 2 is 1.78 bits per heavy atom. The van der Waals surface area contributed by atoms with Crippen molar-refractivity contribution in [2.24, 2.45) is 11.8 Å². The summed E-state index contributed by atoms with van der Waals surface area (Å²) in [6.07, 6.45) is 3.98. The van der Waals surface area contributed by atoms with Crippen molar-refractivity contribution in [1.82, 2.24) is 40.4 Å². The molecule has 9 rings (SSSR count). The molecule has 0 aliphatic carbocycles. The Morgan fingerprint density at radius 1 is 0.968 bits per heavy atom. The fourth-order valence-electron chi connectivity index (χ4n) is 9.64. The van der Waals surface area contributed by atoms with E-state index in [4.69, 9.17) is 19.4 Å². The lowest BCUT2D eigenvalue weighted by molar-refractivity contribution is -0.137. The molecule has 0 unspecified atom stereocenters. The second-order valence-electron chi connectivity index (χ2n) is 17.4. The second kappa shape index (κ2) is 16.8. The number of fused-ring (bicyclic) bond motifs is 6. The fraction of sp³-hybridized carbons (Fsp3) is 0.347. The summed E-state index contributed by atoms with van der Waals surface area (Å²) in [4.78, 5) is 48.9. The van der Waals surface area contributed by atoms with E-state index in [2.05, 4.69) is 77.1 Å². The average molecular weight is 851 g/mol. The molecule has 3 aliphatic rings. The lowest BCUT2D eigenvalue weighted by atomic mass is 9.92. The van der Waals surface area contributed by atoms with Gasteiger partial charge in [-0.1, -0.05) is 62.4 Å². The van der Waals surface area contributed by atoms with E-state index in [0.29, 0.717) is 25.4 Å². The number of methoxy groups -OCH3 is 1. The first-order chi connectivity index (χ1) is 30.4. The molecule has 6 N–H and O–H groups in total. The maximum absolute atomic E-state index is 14.3. The number of benzene rings is 4. The fourth-order valence-corrected chi connectivity index (χ4v) is 9.64. The molecular weight excluding hydrogens is 797 g/mol. The Hall–Kier alpha value is -6.80. The zero-order valence-electron chi connectivity index (χ0n) is 36.0. The van der Waals surface area contributed by atoms with Crippen molar-refractivity contribution in [1.29, 1.82) is 0 Å². The molecule has 3 aliphatic heterocycles. The van der Waals surface area contributed by atoms with Gasteiger partial charge in [0.2, 0.25) is 11.8 Å². The van der Waals surface area contributed by atoms with Gasteiger partial charge in [0, 0.05) is 36.1 Å². The number of aromatic amines is 2. The summed E-state index contributed by atoms with van der Waals surface area (Å²) in [7, 11) is 1.51. The van der Waals surface area contributed by atoms with Crippen LogP contribution >= 0.6 is 0 Å². The highest BCUT2D eigenvalue weighted by molar-refractivity contribution is 6.07. The van der Waals surface area contributed by atoms with Crippen molar-refractivity contribution < 1.29 is 29.3 Å². The van der Waals surface area contributed by atoms with E-state index in [9.17, 15) is 19.8 Å². The third-order valence-corrected chi connectivity index (χ3v) is 12.9. The van der Waals surface area contributed by atoms with Gasteiger partial charge in [0.05, 0.1) is 42.1 Å². The van der Waals surface area contributed by atoms with Crippen LogP contribution in [0.3, 0.4) is 0 Å². The molecule has 4 aromatic carbocycles. The number of aliphatic hydroxyl groups excluding tert-OH is 2. The Bertz CT molecular complexity index is 2730. The van der Waals surface area contributed by atoms with Crippen LogP contribution in [-0.2, 0) is 20.9 Å². The van der Waals surface area contributed by atoms with Crippen LogP contribution < -0.4 is 15.4 Å². The molecule has 326 valence electrons. The number of carbonyl (C=O) groups is 2. The Kier molecular flexibility index (Phi) is 11.1. The van der Waals surface area contributed by atoms with Gasteiger partial charge in [0.25, 0.3) is 0 Å². The second-order valence-corrected chi connectivity index (χ2v) is 17.4. The van der Waals surface area contributed by atoms with Gasteiger partial charge in [-0.3, -0.25) is 9.59 Å². The molecule has 0 saturated carbocycles. The van der Waals surface area contributed by atoms with Gasteiger partial charge in [-0.2, -0.15) is 0 Å². The highest BCUT2D eigenvalue weighted by Gasteiger charge is 2.42. The van der Waals surface area contributed by atoms with Gasteiger partial charge in [-0.25, -0.2) is 9.97 Å². The van der Waals surface area contributed by atoms with E-state index in [-0.39, 0.29) is 60.1 Å². The normalized spacial score (nSPS) is 20.3. The maximum Gasteiger partial charge on any atom is 0.250 e. The number of imidazole rings is 2. The number of likely N-dealkylation sites (tertiary alicyclic amines) is 2. The lowest BCUT2D eigenvalue weighted by Crippen LogP contribution is -2.50. The number of amides is 2. The van der Waals surface area contributed by atoms with Crippen molar-refractivity contribution in [3.05, 3.63) is 127 Å². The van der Waals surface area contributed by atoms with Crippen LogP contribution in [-0.4, -0.2) is 84.1 Å². The number of H-pyrrole nitrogens is 2. The van der Waals surface area contributed by atoms with Crippen LogP contribution in [0.2, 0.25) is 0 Å². The topological polar surface area (TPSA) is 181 Å². The van der Waals surface area contributed by atoms with Crippen molar-refractivity contribution in [3.8, 4) is 28.1 Å². The number of ether oxygens (including phenoxy) is 2. The van der Waals surface area contributed by atoms with Crippen LogP contribution in [0.15, 0.2) is 104 Å². The molecule has 6 atom stereocenters. The molecule has 2 saturated heterocycles. The summed E-state index contributed by atoms with van der Waals surface area (Å²) in [5, 5.41) is 28.1. The highest BCUT2D eigenvalue weighted by atomic mass is 16.5. The van der Waals surface area contributed by atoms with Gasteiger partial charge >= 0.3 is 0 Å². The van der Waals surface area contributed by atoms with Crippen molar-refractivity contribution in [2.45, 2.75) is 76.8 Å². The molecule has 6 aromatic rings. The minimum atomic E-state index is -0.735. The average Bonchev–Trinajstić information content (AvgIpc) is 4.12. The molecule has 2 amide bonds. The Morgan fingerprint density at radius 3 is 2.52 bits per heavy atom. The van der Waals surface area contributed by atoms with Crippen LogP contribution in [0.25, 0.3) is 44.2 Å². The van der Waals surface area contributed by atoms with E-state index in [1.54, 1.807) is 11.1 Å². The quantitative estimate of drug-likeness (QED) is 0.0631. The number of hydrogen-bond donors (Lipinski definition) is 6. The molecule has 0 radical (unpaired) electrons. The summed E-state index contributed by atoms with van der Waals surface area (Å²) >= 11 is 0. The van der Waals surface area contributed by atoms with E-state index in [0.717, 1.165) is 79.7 Å². The lowest BCUT2D eigenvalue weighted by Gasteiger charge is -2.33. The van der Waals surface area contributed by atoms with Gasteiger partial charge in [0.1, 0.15) is 36.1 Å². The minimum absolute atomic E-state index is 0.00990. The molecule has 0 bridgehead atoms. The van der Waals surface area contributed by atoms with E-state index < -0.39 is 12.1 Å². The van der Waals surface area contributed by atoms with Crippen LogP contribution in [0.1, 0.15) is 80.9 Å². The third-order valence-electron chi connectivity index (χ3n) is 12.9. The molecule has 14 heteroatoms. The van der Waals surface area contributed by atoms with Crippen LogP contribution in [0.5, 0.6) is 5.75 Å². The van der Waals surface area contributed by atoms with Crippen LogP contribution in [0, 0.1) is 11.8 Å². The first kappa shape index (κ1) is 41.5. The minimum Gasteiger partial charge on any atom is -0.495 e. The molecule has 0 spiro atoms. The monoisotopic (exact) mass is 850 g/mol. The van der Waals surface area contributed by atoms with Gasteiger partial charge in [-0.15, -0.1) is 0 Å².